The molecule has 0 unspecified atom stereocenters. The molecule has 0 aliphatic carbocycles. The van der Waals surface area contributed by atoms with Crippen molar-refractivity contribution in [1.29, 1.82) is 5.26 Å². The summed E-state index contributed by atoms with van der Waals surface area (Å²) in [4.78, 5) is 10.00. The van der Waals surface area contributed by atoms with Gasteiger partial charge in [-0.25, -0.2) is 9.97 Å². The summed E-state index contributed by atoms with van der Waals surface area (Å²) in [5.74, 6) is 0. The highest BCUT2D eigenvalue weighted by Gasteiger charge is 2.22. The lowest BCUT2D eigenvalue weighted by Gasteiger charge is -2.14. The van der Waals surface area contributed by atoms with Crippen molar-refractivity contribution in [1.82, 2.24) is 19.1 Å². The molecular weight excluding hydrogens is 635 g/mol. The van der Waals surface area contributed by atoms with Crippen molar-refractivity contribution in [2.24, 2.45) is 0 Å². The molecule has 0 saturated heterocycles. The highest BCUT2D eigenvalue weighted by atomic mass is 15.1. The van der Waals surface area contributed by atoms with E-state index in [4.69, 9.17) is 9.97 Å². The van der Waals surface area contributed by atoms with Crippen LogP contribution in [0.15, 0.2) is 176 Å². The first kappa shape index (κ1) is 29.6. The second kappa shape index (κ2) is 11.9. The van der Waals surface area contributed by atoms with Crippen LogP contribution in [-0.2, 0) is 0 Å². The molecule has 0 fully saturated rings. The molecule has 242 valence electrons. The molecule has 10 aromatic rings. The van der Waals surface area contributed by atoms with Gasteiger partial charge in [0.05, 0.1) is 39.6 Å². The predicted octanol–water partition coefficient (Wildman–Crippen LogP) is 11.5. The monoisotopic (exact) mass is 663 g/mol. The third-order valence-corrected chi connectivity index (χ3v) is 10.00. The van der Waals surface area contributed by atoms with Gasteiger partial charge in [-0.2, -0.15) is 5.26 Å². The predicted molar refractivity (Wildman–Crippen MR) is 212 cm³/mol. The number of pyridine rings is 2. The van der Waals surface area contributed by atoms with Crippen LogP contribution in [0, 0.1) is 11.3 Å². The summed E-state index contributed by atoms with van der Waals surface area (Å²) in [5.41, 5.74) is 12.3. The number of hydrogen-bond acceptors (Lipinski definition) is 3. The summed E-state index contributed by atoms with van der Waals surface area (Å²) in [6, 6.07) is 60.9. The molecule has 0 bridgehead atoms. The molecule has 0 N–H and O–H groups in total. The van der Waals surface area contributed by atoms with Crippen LogP contribution in [0.25, 0.3) is 88.8 Å². The van der Waals surface area contributed by atoms with Gasteiger partial charge in [0.2, 0.25) is 0 Å². The maximum Gasteiger partial charge on any atom is 0.145 e. The van der Waals surface area contributed by atoms with Crippen LogP contribution in [0.4, 0.5) is 0 Å². The van der Waals surface area contributed by atoms with Crippen molar-refractivity contribution in [2.75, 3.05) is 0 Å². The Morgan fingerprint density at radius 2 is 1.13 bits per heavy atom. The van der Waals surface area contributed by atoms with Crippen LogP contribution in [0.1, 0.15) is 5.56 Å². The van der Waals surface area contributed by atoms with Crippen molar-refractivity contribution in [3.8, 4) is 51.1 Å². The Balaban J connectivity index is 1.24. The zero-order valence-electron chi connectivity index (χ0n) is 28.0. The first-order chi connectivity index (χ1) is 25.8. The molecule has 0 spiro atoms. The van der Waals surface area contributed by atoms with Crippen LogP contribution >= 0.6 is 0 Å². The average Bonchev–Trinajstić information content (AvgIpc) is 3.74. The molecule has 5 heteroatoms. The topological polar surface area (TPSA) is 59.4 Å². The molecule has 0 atom stereocenters. The first-order valence-electron chi connectivity index (χ1n) is 17.3. The molecular formula is C47H29N5. The minimum absolute atomic E-state index is 0.576. The molecule has 0 aliphatic heterocycles. The van der Waals surface area contributed by atoms with Gasteiger partial charge in [-0.3, -0.25) is 4.57 Å². The Kier molecular flexibility index (Phi) is 6.80. The molecule has 0 radical (unpaired) electrons. The van der Waals surface area contributed by atoms with Gasteiger partial charge in [-0.1, -0.05) is 109 Å². The van der Waals surface area contributed by atoms with E-state index >= 15 is 0 Å². The van der Waals surface area contributed by atoms with E-state index in [-0.39, 0.29) is 0 Å². The van der Waals surface area contributed by atoms with E-state index in [0.29, 0.717) is 5.56 Å². The molecule has 0 aliphatic rings. The minimum Gasteiger partial charge on any atom is -0.309 e. The van der Waals surface area contributed by atoms with Crippen molar-refractivity contribution in [3.63, 3.8) is 0 Å². The van der Waals surface area contributed by atoms with Crippen LogP contribution in [-0.4, -0.2) is 19.1 Å². The number of fused-ring (bicyclic) bond motifs is 7. The number of nitrogens with zero attached hydrogens (tertiary/aromatic N) is 5. The van der Waals surface area contributed by atoms with Gasteiger partial charge in [-0.15, -0.1) is 0 Å². The lowest BCUT2D eigenvalue weighted by atomic mass is 9.96. The average molecular weight is 664 g/mol. The van der Waals surface area contributed by atoms with Crippen molar-refractivity contribution in [3.05, 3.63) is 182 Å². The minimum atomic E-state index is 0.576. The summed E-state index contributed by atoms with van der Waals surface area (Å²) >= 11 is 0. The number of nitriles is 1. The quantitative estimate of drug-likeness (QED) is 0.184. The van der Waals surface area contributed by atoms with E-state index < -0.39 is 0 Å². The van der Waals surface area contributed by atoms with Gasteiger partial charge in [0.1, 0.15) is 5.65 Å². The fraction of sp³-hybridized carbons (Fsp3) is 0. The molecule has 4 heterocycles. The fourth-order valence-corrected chi connectivity index (χ4v) is 7.70. The maximum absolute atomic E-state index is 10.7. The zero-order chi connectivity index (χ0) is 34.6. The van der Waals surface area contributed by atoms with Gasteiger partial charge >= 0.3 is 0 Å². The number of aromatic nitrogens is 4. The molecule has 6 aromatic carbocycles. The van der Waals surface area contributed by atoms with E-state index in [2.05, 4.69) is 130 Å². The summed E-state index contributed by atoms with van der Waals surface area (Å²) in [5, 5.41) is 15.2. The van der Waals surface area contributed by atoms with Crippen molar-refractivity contribution < 1.29 is 0 Å². The van der Waals surface area contributed by atoms with E-state index in [1.165, 1.54) is 0 Å². The molecule has 5 nitrogen and oxygen atoms in total. The normalized spacial score (nSPS) is 11.4. The maximum atomic E-state index is 10.7. The van der Waals surface area contributed by atoms with Gasteiger partial charge in [0.15, 0.2) is 0 Å². The molecule has 52 heavy (non-hydrogen) atoms. The highest BCUT2D eigenvalue weighted by molar-refractivity contribution is 6.25. The van der Waals surface area contributed by atoms with E-state index in [9.17, 15) is 5.26 Å². The van der Waals surface area contributed by atoms with Crippen molar-refractivity contribution >= 4 is 43.7 Å². The molecule has 0 amide bonds. The van der Waals surface area contributed by atoms with Gasteiger partial charge < -0.3 is 4.57 Å². The van der Waals surface area contributed by atoms with Crippen LogP contribution in [0.5, 0.6) is 0 Å². The largest absolute Gasteiger partial charge is 0.309 e. The standard InChI is InChI=1S/C47H29N5/c48-30-34-27-36(22-23-37(34)33-28-41(31-13-4-1-5-14-31)50-42(29-33)32-15-6-2-7-16-32)52-46-38(39-20-12-26-49-47(39)52)24-25-44-45(46)40-19-10-11-21-43(40)51(44)35-17-8-3-9-18-35/h1-29H. The first-order valence-corrected chi connectivity index (χ1v) is 17.3. The Morgan fingerprint density at radius 1 is 0.481 bits per heavy atom. The Labute approximate surface area is 299 Å². The van der Waals surface area contributed by atoms with Crippen LogP contribution in [0.3, 0.4) is 0 Å². The lowest BCUT2D eigenvalue weighted by Crippen LogP contribution is -1.98. The molecule has 10 rings (SSSR count). The Hall–Kier alpha value is -7.29. The number of para-hydroxylation sites is 2. The number of rotatable bonds is 5. The molecule has 0 saturated carbocycles. The summed E-state index contributed by atoms with van der Waals surface area (Å²) in [6.45, 7) is 0. The highest BCUT2D eigenvalue weighted by Crippen LogP contribution is 2.42. The second-order valence-corrected chi connectivity index (χ2v) is 13.0. The molecule has 4 aromatic heterocycles. The third kappa shape index (κ3) is 4.63. The zero-order valence-corrected chi connectivity index (χ0v) is 28.0. The fourth-order valence-electron chi connectivity index (χ4n) is 7.70. The second-order valence-electron chi connectivity index (χ2n) is 13.0. The van der Waals surface area contributed by atoms with Crippen LogP contribution < -0.4 is 0 Å². The number of hydrogen-bond donors (Lipinski definition) is 0. The third-order valence-electron chi connectivity index (χ3n) is 10.00. The van der Waals surface area contributed by atoms with Crippen LogP contribution in [0.2, 0.25) is 0 Å². The van der Waals surface area contributed by atoms with E-state index in [0.717, 1.165) is 88.8 Å². The summed E-state index contributed by atoms with van der Waals surface area (Å²) in [7, 11) is 0. The van der Waals surface area contributed by atoms with Gasteiger partial charge in [0.25, 0.3) is 0 Å². The SMILES string of the molecule is N#Cc1cc(-n2c3ncccc3c3ccc4c(c5ccccc5n4-c4ccccc4)c32)ccc1-c1cc(-c2ccccc2)nc(-c2ccccc2)c1. The summed E-state index contributed by atoms with van der Waals surface area (Å²) in [6.07, 6.45) is 1.84. The lowest BCUT2D eigenvalue weighted by molar-refractivity contribution is 1.14. The van der Waals surface area contributed by atoms with Gasteiger partial charge in [-0.05, 0) is 71.8 Å². The van der Waals surface area contributed by atoms with Gasteiger partial charge in [0, 0.05) is 50.2 Å². The smallest absolute Gasteiger partial charge is 0.145 e. The summed E-state index contributed by atoms with van der Waals surface area (Å²) < 4.78 is 4.57. The van der Waals surface area contributed by atoms with Crippen molar-refractivity contribution in [2.45, 2.75) is 0 Å². The number of benzene rings is 6. The Bertz CT molecular complexity index is 2950. The Morgan fingerprint density at radius 3 is 1.85 bits per heavy atom. The van der Waals surface area contributed by atoms with E-state index in [1.54, 1.807) is 0 Å². The van der Waals surface area contributed by atoms with E-state index in [1.807, 2.05) is 60.8 Å².